The fraction of sp³-hybridized carbons (Fsp3) is 0.625. The van der Waals surface area contributed by atoms with E-state index in [9.17, 15) is 0 Å². The first-order valence-corrected chi connectivity index (χ1v) is 7.11. The molecule has 0 radical (unpaired) electrons. The molecule has 18 heavy (non-hydrogen) atoms. The van der Waals surface area contributed by atoms with Crippen LogP contribution in [0.1, 0.15) is 61.6 Å². The molecule has 1 aromatic carbocycles. The average Bonchev–Trinajstić information content (AvgIpc) is 2.53. The molecule has 1 unspecified atom stereocenters. The maximum atomic E-state index is 6.06. The lowest BCUT2D eigenvalue weighted by atomic mass is 9.85. The monoisotopic (exact) mass is 247 g/mol. The zero-order chi connectivity index (χ0) is 13.1. The summed E-state index contributed by atoms with van der Waals surface area (Å²) in [7, 11) is 0. The molecule has 0 spiro atoms. The Kier molecular flexibility index (Phi) is 4.28. The Labute approximate surface area is 111 Å². The van der Waals surface area contributed by atoms with Crippen molar-refractivity contribution in [1.29, 1.82) is 0 Å². The van der Waals surface area contributed by atoms with Gasteiger partial charge in [-0.15, -0.1) is 0 Å². The van der Waals surface area contributed by atoms with Crippen LogP contribution in [0, 0.1) is 6.92 Å². The molecule has 2 N–H and O–H groups in total. The van der Waals surface area contributed by atoms with E-state index < -0.39 is 0 Å². The second-order valence-electron chi connectivity index (χ2n) is 5.63. The topological polar surface area (TPSA) is 35.2 Å². The summed E-state index contributed by atoms with van der Waals surface area (Å²) in [5.74, 6) is 2.24. The molecule has 2 nitrogen and oxygen atoms in total. The van der Waals surface area contributed by atoms with Crippen LogP contribution in [0.3, 0.4) is 0 Å². The summed E-state index contributed by atoms with van der Waals surface area (Å²) >= 11 is 0. The third kappa shape index (κ3) is 2.54. The van der Waals surface area contributed by atoms with E-state index in [0.29, 0.717) is 11.8 Å². The fourth-order valence-corrected chi connectivity index (χ4v) is 2.98. The summed E-state index contributed by atoms with van der Waals surface area (Å²) in [5.41, 5.74) is 9.90. The molecule has 0 amide bonds. The Morgan fingerprint density at radius 2 is 2.17 bits per heavy atom. The smallest absolute Gasteiger partial charge is 0.126 e. The minimum atomic E-state index is 0.510. The third-order valence-electron chi connectivity index (χ3n) is 3.93. The molecule has 0 fully saturated rings. The van der Waals surface area contributed by atoms with Gasteiger partial charge in [0.15, 0.2) is 0 Å². The number of rotatable bonds is 3. The molecule has 2 heteroatoms. The van der Waals surface area contributed by atoms with Gasteiger partial charge in [-0.2, -0.15) is 0 Å². The van der Waals surface area contributed by atoms with Gasteiger partial charge in [-0.1, -0.05) is 26.0 Å². The average molecular weight is 247 g/mol. The summed E-state index contributed by atoms with van der Waals surface area (Å²) in [6, 6.07) is 4.47. The van der Waals surface area contributed by atoms with Crippen molar-refractivity contribution in [2.75, 3.05) is 13.2 Å². The summed E-state index contributed by atoms with van der Waals surface area (Å²) in [6.45, 7) is 8.27. The van der Waals surface area contributed by atoms with Gasteiger partial charge in [0.05, 0.1) is 6.61 Å². The number of nitrogens with two attached hydrogens (primary N) is 1. The van der Waals surface area contributed by atoms with Crippen LogP contribution >= 0.6 is 0 Å². The molecule has 0 saturated carbocycles. The lowest BCUT2D eigenvalue weighted by Crippen LogP contribution is -2.09. The van der Waals surface area contributed by atoms with Crippen LogP contribution < -0.4 is 10.5 Å². The Morgan fingerprint density at radius 3 is 2.83 bits per heavy atom. The van der Waals surface area contributed by atoms with E-state index >= 15 is 0 Å². The maximum absolute atomic E-state index is 6.06. The molecular formula is C16H25NO. The van der Waals surface area contributed by atoms with Crippen LogP contribution in [0.4, 0.5) is 0 Å². The highest BCUT2D eigenvalue weighted by molar-refractivity contribution is 5.50. The number of ether oxygens (including phenoxy) is 1. The summed E-state index contributed by atoms with van der Waals surface area (Å²) < 4.78 is 6.06. The molecular weight excluding hydrogens is 222 g/mol. The molecule has 1 heterocycles. The minimum Gasteiger partial charge on any atom is -0.493 e. The van der Waals surface area contributed by atoms with Gasteiger partial charge in [0.1, 0.15) is 5.75 Å². The van der Waals surface area contributed by atoms with E-state index in [0.717, 1.165) is 31.7 Å². The predicted octanol–water partition coefficient (Wildman–Crippen LogP) is 3.72. The number of hydrogen-bond donors (Lipinski definition) is 1. The van der Waals surface area contributed by atoms with Crippen LogP contribution in [0.15, 0.2) is 12.1 Å². The molecule has 0 saturated heterocycles. The number of fused-ring (bicyclic) bond motifs is 1. The zero-order valence-corrected chi connectivity index (χ0v) is 11.8. The normalized spacial score (nSPS) is 19.3. The highest BCUT2D eigenvalue weighted by atomic mass is 16.5. The summed E-state index contributed by atoms with van der Waals surface area (Å²) in [5, 5.41) is 0. The van der Waals surface area contributed by atoms with Gasteiger partial charge in [-0.05, 0) is 55.7 Å². The Bertz CT molecular complexity index is 412. The van der Waals surface area contributed by atoms with Crippen LogP contribution in [-0.2, 0) is 0 Å². The summed E-state index contributed by atoms with van der Waals surface area (Å²) in [4.78, 5) is 0. The largest absolute Gasteiger partial charge is 0.493 e. The Morgan fingerprint density at radius 1 is 1.39 bits per heavy atom. The molecule has 1 aliphatic rings. The van der Waals surface area contributed by atoms with Crippen LogP contribution in [0.2, 0.25) is 0 Å². The Hall–Kier alpha value is -1.02. The van der Waals surface area contributed by atoms with Gasteiger partial charge < -0.3 is 10.5 Å². The molecule has 0 bridgehead atoms. The van der Waals surface area contributed by atoms with Gasteiger partial charge in [0.2, 0.25) is 0 Å². The molecule has 2 rings (SSSR count). The zero-order valence-electron chi connectivity index (χ0n) is 11.8. The van der Waals surface area contributed by atoms with E-state index in [4.69, 9.17) is 10.5 Å². The predicted molar refractivity (Wildman–Crippen MR) is 76.4 cm³/mol. The SMILES string of the molecule is Cc1ccc(C(C)C)c2c1C(CCN)CCCO2. The number of hydrogen-bond acceptors (Lipinski definition) is 2. The van der Waals surface area contributed by atoms with Gasteiger partial charge in [0, 0.05) is 5.56 Å². The quantitative estimate of drug-likeness (QED) is 0.883. The second kappa shape index (κ2) is 5.75. The highest BCUT2D eigenvalue weighted by Gasteiger charge is 2.24. The van der Waals surface area contributed by atoms with Gasteiger partial charge in [0.25, 0.3) is 0 Å². The third-order valence-corrected chi connectivity index (χ3v) is 3.93. The van der Waals surface area contributed by atoms with Gasteiger partial charge in [-0.25, -0.2) is 0 Å². The van der Waals surface area contributed by atoms with Crippen molar-refractivity contribution in [3.05, 3.63) is 28.8 Å². The van der Waals surface area contributed by atoms with Crippen molar-refractivity contribution in [2.45, 2.75) is 51.9 Å². The van der Waals surface area contributed by atoms with Crippen LogP contribution in [0.5, 0.6) is 5.75 Å². The van der Waals surface area contributed by atoms with E-state index in [1.54, 1.807) is 0 Å². The number of benzene rings is 1. The van der Waals surface area contributed by atoms with E-state index in [-0.39, 0.29) is 0 Å². The summed E-state index contributed by atoms with van der Waals surface area (Å²) in [6.07, 6.45) is 3.40. The van der Waals surface area contributed by atoms with Crippen molar-refractivity contribution in [2.24, 2.45) is 5.73 Å². The fourth-order valence-electron chi connectivity index (χ4n) is 2.98. The molecule has 100 valence electrons. The van der Waals surface area contributed by atoms with Gasteiger partial charge in [-0.3, -0.25) is 0 Å². The van der Waals surface area contributed by atoms with Crippen molar-refractivity contribution < 1.29 is 4.74 Å². The lowest BCUT2D eigenvalue weighted by Gasteiger charge is -2.22. The molecule has 1 aromatic rings. The van der Waals surface area contributed by atoms with Gasteiger partial charge >= 0.3 is 0 Å². The van der Waals surface area contributed by atoms with Crippen LogP contribution in [-0.4, -0.2) is 13.2 Å². The highest BCUT2D eigenvalue weighted by Crippen LogP contribution is 2.41. The Balaban J connectivity index is 2.51. The van der Waals surface area contributed by atoms with Crippen molar-refractivity contribution in [3.8, 4) is 5.75 Å². The first-order chi connectivity index (χ1) is 8.65. The minimum absolute atomic E-state index is 0.510. The molecule has 1 aliphatic heterocycles. The molecule has 1 atom stereocenters. The lowest BCUT2D eigenvalue weighted by molar-refractivity contribution is 0.311. The van der Waals surface area contributed by atoms with Crippen molar-refractivity contribution in [1.82, 2.24) is 0 Å². The van der Waals surface area contributed by atoms with E-state index in [1.165, 1.54) is 23.1 Å². The van der Waals surface area contributed by atoms with Crippen molar-refractivity contribution in [3.63, 3.8) is 0 Å². The van der Waals surface area contributed by atoms with Crippen molar-refractivity contribution >= 4 is 0 Å². The molecule has 0 aliphatic carbocycles. The molecule has 0 aromatic heterocycles. The van der Waals surface area contributed by atoms with Crippen LogP contribution in [0.25, 0.3) is 0 Å². The number of aryl methyl sites for hydroxylation is 1. The van der Waals surface area contributed by atoms with E-state index in [1.807, 2.05) is 0 Å². The second-order valence-corrected chi connectivity index (χ2v) is 5.63. The first kappa shape index (κ1) is 13.4. The standard InChI is InChI=1S/C16H25NO/c1-11(2)14-7-6-12(3)15-13(8-9-17)5-4-10-18-16(14)15/h6-7,11,13H,4-5,8-10,17H2,1-3H3. The maximum Gasteiger partial charge on any atom is 0.126 e. The first-order valence-electron chi connectivity index (χ1n) is 7.11. The van der Waals surface area contributed by atoms with E-state index in [2.05, 4.69) is 32.9 Å².